The van der Waals surface area contributed by atoms with E-state index in [1.807, 2.05) is 0 Å². The van der Waals surface area contributed by atoms with Gasteiger partial charge in [-0.3, -0.25) is 9.59 Å². The molecule has 11 heteroatoms. The van der Waals surface area contributed by atoms with E-state index >= 15 is 0 Å². The summed E-state index contributed by atoms with van der Waals surface area (Å²) in [7, 11) is -4.12. The molecule has 1 aromatic carbocycles. The highest BCUT2D eigenvalue weighted by atomic mass is 32.2. The van der Waals surface area contributed by atoms with Gasteiger partial charge in [-0.1, -0.05) is 6.07 Å². The van der Waals surface area contributed by atoms with Gasteiger partial charge in [0.05, 0.1) is 16.4 Å². The second-order valence-corrected chi connectivity index (χ2v) is 8.97. The fraction of sp³-hybridized carbons (Fsp3) is 0.556. The van der Waals surface area contributed by atoms with E-state index < -0.39 is 51.1 Å². The lowest BCUT2D eigenvalue weighted by Gasteiger charge is -2.30. The molecular weight excluding hydrogens is 413 g/mol. The molecule has 2 rings (SSSR count). The number of halogens is 3. The first kappa shape index (κ1) is 23.1. The Balaban J connectivity index is 1.96. The third kappa shape index (κ3) is 6.17. The molecule has 1 aliphatic rings. The van der Waals surface area contributed by atoms with Crippen molar-refractivity contribution in [2.45, 2.75) is 43.8 Å². The van der Waals surface area contributed by atoms with Crippen molar-refractivity contribution in [2.75, 3.05) is 19.7 Å². The van der Waals surface area contributed by atoms with Crippen LogP contribution >= 0.6 is 0 Å². The number of ether oxygens (including phenoxy) is 1. The molecule has 1 heterocycles. The van der Waals surface area contributed by atoms with E-state index in [0.29, 0.717) is 6.07 Å². The molecule has 1 amide bonds. The molecule has 0 radical (unpaired) electrons. The van der Waals surface area contributed by atoms with Gasteiger partial charge in [-0.05, 0) is 44.9 Å². The van der Waals surface area contributed by atoms with E-state index in [1.165, 1.54) is 0 Å². The Morgan fingerprint density at radius 3 is 2.41 bits per heavy atom. The first-order chi connectivity index (χ1) is 13.4. The number of amides is 1. The summed E-state index contributed by atoms with van der Waals surface area (Å²) in [6.07, 6.45) is -4.34. The van der Waals surface area contributed by atoms with Crippen molar-refractivity contribution in [3.8, 4) is 0 Å². The number of rotatable bonds is 6. The molecule has 1 fully saturated rings. The van der Waals surface area contributed by atoms with Crippen LogP contribution in [0.5, 0.6) is 0 Å². The molecule has 162 valence electrons. The number of hydrogen-bond acceptors (Lipinski definition) is 5. The monoisotopic (exact) mass is 436 g/mol. The van der Waals surface area contributed by atoms with Crippen LogP contribution < -0.4 is 5.32 Å². The molecule has 0 saturated carbocycles. The Bertz CT molecular complexity index is 847. The maximum atomic E-state index is 12.8. The Morgan fingerprint density at radius 1 is 1.24 bits per heavy atom. The lowest BCUT2D eigenvalue weighted by Crippen LogP contribution is -2.41. The maximum absolute atomic E-state index is 12.8. The SMILES string of the molecule is CC(C)NC(=O)COC(=O)C1CCN(S(=O)(=O)c2cccc(C(F)(F)F)c2)CC1. The van der Waals surface area contributed by atoms with E-state index in [0.717, 1.165) is 22.5 Å². The molecule has 0 bridgehead atoms. The summed E-state index contributed by atoms with van der Waals surface area (Å²) in [6.45, 7) is 3.05. The average molecular weight is 436 g/mol. The molecule has 29 heavy (non-hydrogen) atoms. The number of carbonyl (C=O) groups excluding carboxylic acids is 2. The predicted molar refractivity (Wildman–Crippen MR) is 97.2 cm³/mol. The van der Waals surface area contributed by atoms with Gasteiger partial charge in [-0.2, -0.15) is 17.5 Å². The van der Waals surface area contributed by atoms with Crippen LogP contribution in [0.1, 0.15) is 32.3 Å². The number of sulfonamides is 1. The van der Waals surface area contributed by atoms with Crippen molar-refractivity contribution >= 4 is 21.9 Å². The number of nitrogens with zero attached hydrogens (tertiary/aromatic N) is 1. The van der Waals surface area contributed by atoms with E-state index in [1.54, 1.807) is 13.8 Å². The first-order valence-electron chi connectivity index (χ1n) is 9.04. The summed E-state index contributed by atoms with van der Waals surface area (Å²) in [4.78, 5) is 23.2. The van der Waals surface area contributed by atoms with E-state index in [4.69, 9.17) is 4.74 Å². The van der Waals surface area contributed by atoms with Crippen LogP contribution in [0, 0.1) is 5.92 Å². The number of nitrogens with one attached hydrogen (secondary N) is 1. The number of alkyl halides is 3. The Morgan fingerprint density at radius 2 is 1.86 bits per heavy atom. The number of esters is 1. The minimum Gasteiger partial charge on any atom is -0.455 e. The number of carbonyl (C=O) groups is 2. The molecule has 0 aliphatic carbocycles. The average Bonchev–Trinajstić information content (AvgIpc) is 2.65. The zero-order chi connectivity index (χ0) is 21.8. The Hall–Kier alpha value is -2.14. The summed E-state index contributed by atoms with van der Waals surface area (Å²) in [5.74, 6) is -1.60. The van der Waals surface area contributed by atoms with Crippen molar-refractivity contribution < 1.29 is 35.9 Å². The lowest BCUT2D eigenvalue weighted by atomic mass is 9.98. The highest BCUT2D eigenvalue weighted by molar-refractivity contribution is 7.89. The summed E-state index contributed by atoms with van der Waals surface area (Å²) in [6, 6.07) is 3.46. The van der Waals surface area contributed by atoms with Gasteiger partial charge in [0, 0.05) is 19.1 Å². The van der Waals surface area contributed by atoms with Crippen LogP contribution in [0.4, 0.5) is 13.2 Å². The molecule has 1 N–H and O–H groups in total. The summed E-state index contributed by atoms with van der Waals surface area (Å²) in [5.41, 5.74) is -1.04. The largest absolute Gasteiger partial charge is 0.455 e. The molecule has 0 unspecified atom stereocenters. The molecule has 0 atom stereocenters. The number of hydrogen-bond donors (Lipinski definition) is 1. The molecular formula is C18H23F3N2O5S. The zero-order valence-electron chi connectivity index (χ0n) is 16.0. The third-order valence-corrected chi connectivity index (χ3v) is 6.28. The predicted octanol–water partition coefficient (Wildman–Crippen LogP) is 2.17. The summed E-state index contributed by atoms with van der Waals surface area (Å²) < 4.78 is 69.9. The van der Waals surface area contributed by atoms with Crippen molar-refractivity contribution in [3.63, 3.8) is 0 Å². The minimum absolute atomic E-state index is 0.0312. The van der Waals surface area contributed by atoms with Crippen molar-refractivity contribution in [3.05, 3.63) is 29.8 Å². The quantitative estimate of drug-likeness (QED) is 0.690. The van der Waals surface area contributed by atoms with Crippen LogP contribution in [0.3, 0.4) is 0 Å². The van der Waals surface area contributed by atoms with Crippen molar-refractivity contribution in [2.24, 2.45) is 5.92 Å². The molecule has 1 saturated heterocycles. The normalized spacial score (nSPS) is 16.6. The molecule has 0 spiro atoms. The van der Waals surface area contributed by atoms with Gasteiger partial charge < -0.3 is 10.1 Å². The zero-order valence-corrected chi connectivity index (χ0v) is 16.8. The molecule has 0 aromatic heterocycles. The highest BCUT2D eigenvalue weighted by Crippen LogP contribution is 2.32. The first-order valence-corrected chi connectivity index (χ1v) is 10.5. The topological polar surface area (TPSA) is 92.8 Å². The third-order valence-electron chi connectivity index (χ3n) is 4.38. The summed E-state index contributed by atoms with van der Waals surface area (Å²) in [5, 5.41) is 2.58. The van der Waals surface area contributed by atoms with Gasteiger partial charge in [0.2, 0.25) is 10.0 Å². The second-order valence-electron chi connectivity index (χ2n) is 7.03. The van der Waals surface area contributed by atoms with Gasteiger partial charge in [0.15, 0.2) is 6.61 Å². The molecule has 1 aliphatic heterocycles. The molecule has 1 aromatic rings. The number of piperidine rings is 1. The Labute approximate surface area is 167 Å². The van der Waals surface area contributed by atoms with Crippen LogP contribution in [0.15, 0.2) is 29.2 Å². The van der Waals surface area contributed by atoms with Crippen LogP contribution in [0.25, 0.3) is 0 Å². The summed E-state index contributed by atoms with van der Waals surface area (Å²) >= 11 is 0. The number of benzene rings is 1. The van der Waals surface area contributed by atoms with E-state index in [-0.39, 0.29) is 32.0 Å². The lowest BCUT2D eigenvalue weighted by molar-refractivity contribution is -0.153. The van der Waals surface area contributed by atoms with Crippen LogP contribution in [-0.2, 0) is 30.5 Å². The fourth-order valence-corrected chi connectivity index (χ4v) is 4.45. The van der Waals surface area contributed by atoms with Gasteiger partial charge in [0.25, 0.3) is 5.91 Å². The fourth-order valence-electron chi connectivity index (χ4n) is 2.93. The van der Waals surface area contributed by atoms with Crippen LogP contribution in [0.2, 0.25) is 0 Å². The minimum atomic E-state index is -4.65. The second kappa shape index (κ2) is 9.12. The van der Waals surface area contributed by atoms with Gasteiger partial charge in [-0.15, -0.1) is 0 Å². The van der Waals surface area contributed by atoms with Gasteiger partial charge in [-0.25, -0.2) is 8.42 Å². The highest BCUT2D eigenvalue weighted by Gasteiger charge is 2.35. The van der Waals surface area contributed by atoms with Crippen LogP contribution in [-0.4, -0.2) is 50.3 Å². The Kier molecular flexibility index (Phi) is 7.28. The van der Waals surface area contributed by atoms with Crippen molar-refractivity contribution in [1.82, 2.24) is 9.62 Å². The van der Waals surface area contributed by atoms with E-state index in [2.05, 4.69) is 5.32 Å². The van der Waals surface area contributed by atoms with E-state index in [9.17, 15) is 31.2 Å². The van der Waals surface area contributed by atoms with Gasteiger partial charge in [0.1, 0.15) is 0 Å². The standard InChI is InChI=1S/C18H23F3N2O5S/c1-12(2)22-16(24)11-28-17(25)13-6-8-23(9-7-13)29(26,27)15-5-3-4-14(10-15)18(19,20)21/h3-5,10,12-13H,6-9,11H2,1-2H3,(H,22,24). The maximum Gasteiger partial charge on any atom is 0.416 e. The van der Waals surface area contributed by atoms with Crippen molar-refractivity contribution in [1.29, 1.82) is 0 Å². The molecule has 7 nitrogen and oxygen atoms in total. The smallest absolute Gasteiger partial charge is 0.416 e. The van der Waals surface area contributed by atoms with Gasteiger partial charge >= 0.3 is 12.1 Å².